The normalized spacial score (nSPS) is 17.4. The average molecular weight is 512 g/mol. The van der Waals surface area contributed by atoms with Crippen molar-refractivity contribution in [3.05, 3.63) is 88.2 Å². The summed E-state index contributed by atoms with van der Waals surface area (Å²) in [6.07, 6.45) is 5.14. The predicted octanol–water partition coefficient (Wildman–Crippen LogP) is 7.59. The molecule has 0 saturated heterocycles. The summed E-state index contributed by atoms with van der Waals surface area (Å²) in [6.45, 7) is 0.134. The van der Waals surface area contributed by atoms with E-state index in [1.807, 2.05) is 18.2 Å². The second-order valence-electron chi connectivity index (χ2n) is 9.45. The molecule has 1 atom stereocenters. The highest BCUT2D eigenvalue weighted by Gasteiger charge is 2.49. The van der Waals surface area contributed by atoms with Crippen molar-refractivity contribution < 1.29 is 17.9 Å². The van der Waals surface area contributed by atoms with E-state index >= 15 is 0 Å². The van der Waals surface area contributed by atoms with Gasteiger partial charge in [0.1, 0.15) is 5.66 Å². The van der Waals surface area contributed by atoms with Gasteiger partial charge in [0.05, 0.1) is 29.6 Å². The molecule has 5 rings (SSSR count). The van der Waals surface area contributed by atoms with Crippen LogP contribution in [0.2, 0.25) is 5.02 Å². The van der Waals surface area contributed by atoms with Crippen molar-refractivity contribution in [2.24, 2.45) is 11.8 Å². The van der Waals surface area contributed by atoms with Gasteiger partial charge in [-0.05, 0) is 54.7 Å². The minimum atomic E-state index is -0.974. The summed E-state index contributed by atoms with van der Waals surface area (Å²) in [7, 11) is 0. The number of hydrogen-bond acceptors (Lipinski definition) is 4. The van der Waals surface area contributed by atoms with Gasteiger partial charge in [-0.2, -0.15) is 5.26 Å². The Morgan fingerprint density at radius 1 is 0.917 bits per heavy atom. The lowest BCUT2D eigenvalue weighted by molar-refractivity contribution is 0.110. The first-order chi connectivity index (χ1) is 17.4. The Morgan fingerprint density at radius 3 is 2.14 bits per heavy atom. The molecular weight excluding hydrogens is 487 g/mol. The summed E-state index contributed by atoms with van der Waals surface area (Å²) in [5.74, 6) is -2.50. The number of hydrogen-bond donors (Lipinski definition) is 2. The second-order valence-corrected chi connectivity index (χ2v) is 9.89. The largest absolute Gasteiger partial charge is 0.490 e. The summed E-state index contributed by atoms with van der Waals surface area (Å²) in [5, 5.41) is 16.5. The van der Waals surface area contributed by atoms with E-state index in [9.17, 15) is 13.2 Å². The van der Waals surface area contributed by atoms with Crippen LogP contribution in [0, 0.1) is 40.6 Å². The van der Waals surface area contributed by atoms with Crippen molar-refractivity contribution in [1.82, 2.24) is 0 Å². The van der Waals surface area contributed by atoms with Gasteiger partial charge < -0.3 is 15.4 Å². The molecule has 1 aliphatic carbocycles. The Bertz CT molecular complexity index is 1270. The third-order valence-electron chi connectivity index (χ3n) is 7.28. The van der Waals surface area contributed by atoms with Crippen LogP contribution in [0.5, 0.6) is 5.75 Å². The van der Waals surface area contributed by atoms with E-state index in [1.165, 1.54) is 12.1 Å². The van der Waals surface area contributed by atoms with E-state index in [2.05, 4.69) is 10.6 Å². The van der Waals surface area contributed by atoms with Crippen molar-refractivity contribution in [3.8, 4) is 11.8 Å². The van der Waals surface area contributed by atoms with Crippen LogP contribution in [0.25, 0.3) is 0 Å². The first kappa shape index (κ1) is 24.3. The number of rotatable bonds is 6. The number of ether oxygens (including phenoxy) is 1. The van der Waals surface area contributed by atoms with Gasteiger partial charge in [0.25, 0.3) is 0 Å². The third-order valence-corrected chi connectivity index (χ3v) is 7.53. The lowest BCUT2D eigenvalue weighted by Crippen LogP contribution is -2.51. The first-order valence-corrected chi connectivity index (χ1v) is 12.4. The highest BCUT2D eigenvalue weighted by Crippen LogP contribution is 2.49. The Balaban J connectivity index is 1.57. The van der Waals surface area contributed by atoms with Crippen LogP contribution >= 0.6 is 11.6 Å². The fraction of sp³-hybridized carbons (Fsp3) is 0.321. The van der Waals surface area contributed by atoms with Gasteiger partial charge in [-0.3, -0.25) is 0 Å². The molecule has 0 aromatic heterocycles. The molecule has 8 heteroatoms. The Kier molecular flexibility index (Phi) is 6.72. The molecule has 2 N–H and O–H groups in total. The van der Waals surface area contributed by atoms with Crippen LogP contribution < -0.4 is 15.4 Å². The topological polar surface area (TPSA) is 57.1 Å². The number of anilines is 2. The van der Waals surface area contributed by atoms with Crippen molar-refractivity contribution in [3.63, 3.8) is 0 Å². The molecule has 1 heterocycles. The van der Waals surface area contributed by atoms with E-state index in [0.29, 0.717) is 16.4 Å². The molecule has 3 aromatic rings. The summed E-state index contributed by atoms with van der Waals surface area (Å²) < 4.78 is 49.0. The summed E-state index contributed by atoms with van der Waals surface area (Å²) in [6, 6.07) is 15.6. The smallest absolute Gasteiger partial charge is 0.166 e. The van der Waals surface area contributed by atoms with Crippen molar-refractivity contribution in [2.75, 3.05) is 17.2 Å². The lowest BCUT2D eigenvalue weighted by atomic mass is 9.72. The summed E-state index contributed by atoms with van der Waals surface area (Å²) in [4.78, 5) is 0. The van der Waals surface area contributed by atoms with Crippen LogP contribution in [-0.4, -0.2) is 6.61 Å². The number of nitriles is 1. The fourth-order valence-corrected chi connectivity index (χ4v) is 5.61. The molecule has 4 nitrogen and oxygen atoms in total. The van der Waals surface area contributed by atoms with Crippen LogP contribution in [0.1, 0.15) is 43.2 Å². The fourth-order valence-electron chi connectivity index (χ4n) is 5.48. The summed E-state index contributed by atoms with van der Waals surface area (Å²) >= 11 is 6.18. The van der Waals surface area contributed by atoms with Crippen molar-refractivity contribution >= 4 is 23.0 Å². The minimum Gasteiger partial charge on any atom is -0.490 e. The maximum atomic E-state index is 14.7. The number of benzene rings is 3. The molecule has 2 aliphatic rings. The Morgan fingerprint density at radius 2 is 1.56 bits per heavy atom. The molecule has 0 radical (unpaired) electrons. The molecule has 186 valence electrons. The SMILES string of the molecule is N#Cc1ccc(OCC(C2CCCCC2)C2(c3ccc(Cl)cc3)Nc3cc(F)c(F)cc3N2)c(F)c1. The lowest BCUT2D eigenvalue weighted by Gasteiger charge is -2.44. The molecule has 36 heavy (non-hydrogen) atoms. The van der Waals surface area contributed by atoms with Crippen molar-refractivity contribution in [1.29, 1.82) is 5.26 Å². The first-order valence-electron chi connectivity index (χ1n) is 12.0. The Labute approximate surface area is 213 Å². The maximum Gasteiger partial charge on any atom is 0.166 e. The van der Waals surface area contributed by atoms with E-state index in [4.69, 9.17) is 21.6 Å². The molecule has 0 amide bonds. The molecular formula is C28H25ClF3N3O. The van der Waals surface area contributed by atoms with Crippen LogP contribution in [0.3, 0.4) is 0 Å². The molecule has 1 fully saturated rings. The van der Waals surface area contributed by atoms with Crippen LogP contribution in [0.15, 0.2) is 54.6 Å². The van der Waals surface area contributed by atoms with Crippen LogP contribution in [-0.2, 0) is 5.66 Å². The molecule has 3 aromatic carbocycles. The second kappa shape index (κ2) is 9.94. The molecule has 0 spiro atoms. The van der Waals surface area contributed by atoms with Crippen LogP contribution in [0.4, 0.5) is 24.5 Å². The predicted molar refractivity (Wildman–Crippen MR) is 133 cm³/mol. The van der Waals surface area contributed by atoms with E-state index in [0.717, 1.165) is 55.9 Å². The number of halogens is 4. The summed E-state index contributed by atoms with van der Waals surface area (Å²) in [5.41, 5.74) is 0.935. The van der Waals surface area contributed by atoms with Gasteiger partial charge >= 0.3 is 0 Å². The average Bonchev–Trinajstić information content (AvgIpc) is 3.25. The van der Waals surface area contributed by atoms with Gasteiger partial charge in [-0.15, -0.1) is 0 Å². The van der Waals surface area contributed by atoms with Gasteiger partial charge in [0, 0.05) is 23.1 Å². The van der Waals surface area contributed by atoms with Gasteiger partial charge in [0.15, 0.2) is 23.2 Å². The standard InChI is InChI=1S/C28H25ClF3N3O/c29-20-9-7-19(8-10-20)28(34-25-13-22(30)23(31)14-26(25)35-28)21(18-4-2-1-3-5-18)16-36-27-11-6-17(15-33)12-24(27)32/h6-14,18,21,34-35H,1-5,16H2. The third kappa shape index (κ3) is 4.58. The molecule has 1 aliphatic heterocycles. The van der Waals surface area contributed by atoms with Gasteiger partial charge in [0.2, 0.25) is 0 Å². The Hall–Kier alpha value is -3.37. The quantitative estimate of drug-likeness (QED) is 0.358. The maximum absolute atomic E-state index is 14.7. The number of nitrogens with zero attached hydrogens (tertiary/aromatic N) is 1. The molecule has 0 bridgehead atoms. The zero-order valence-electron chi connectivity index (χ0n) is 19.5. The zero-order chi connectivity index (χ0) is 25.3. The molecule has 1 unspecified atom stereocenters. The van der Waals surface area contributed by atoms with E-state index < -0.39 is 23.1 Å². The molecule has 1 saturated carbocycles. The monoisotopic (exact) mass is 511 g/mol. The highest BCUT2D eigenvalue weighted by molar-refractivity contribution is 6.30. The highest BCUT2D eigenvalue weighted by atomic mass is 35.5. The van der Waals surface area contributed by atoms with Gasteiger partial charge in [-0.1, -0.05) is 43.0 Å². The van der Waals surface area contributed by atoms with E-state index in [1.54, 1.807) is 12.1 Å². The van der Waals surface area contributed by atoms with Crippen molar-refractivity contribution in [2.45, 2.75) is 37.8 Å². The number of nitrogens with one attached hydrogen (secondary N) is 2. The minimum absolute atomic E-state index is 0.0497. The number of fused-ring (bicyclic) bond motifs is 1. The van der Waals surface area contributed by atoms with E-state index in [-0.39, 0.29) is 29.8 Å². The zero-order valence-corrected chi connectivity index (χ0v) is 20.2. The van der Waals surface area contributed by atoms with Gasteiger partial charge in [-0.25, -0.2) is 13.2 Å².